The summed E-state index contributed by atoms with van der Waals surface area (Å²) in [4.78, 5) is 1.46. The van der Waals surface area contributed by atoms with Crippen molar-refractivity contribution in [2.75, 3.05) is 35.6 Å². The van der Waals surface area contributed by atoms with Crippen LogP contribution in [0.2, 0.25) is 0 Å². The first-order chi connectivity index (χ1) is 11.5. The first kappa shape index (κ1) is 21.4. The molecule has 0 spiro atoms. The lowest BCUT2D eigenvalue weighted by Gasteiger charge is -2.29. The number of likely N-dealkylation sites (N-methyl/N-ethyl adjacent to an activating group) is 1. The summed E-state index contributed by atoms with van der Waals surface area (Å²) in [5.41, 5.74) is 6.27. The Kier molecular flexibility index (Phi) is 7.37. The fraction of sp³-hybridized carbons (Fsp3) is 0.538. The second-order valence-electron chi connectivity index (χ2n) is 5.60. The highest BCUT2D eigenvalue weighted by molar-refractivity contribution is 7.90. The monoisotopic (exact) mass is 380 g/mol. The van der Waals surface area contributed by atoms with Crippen molar-refractivity contribution in [3.63, 3.8) is 0 Å². The molecule has 0 saturated heterocycles. The molecular formula is C13H24N4O7S. The lowest BCUT2D eigenvalue weighted by molar-refractivity contribution is -0.112. The van der Waals surface area contributed by atoms with Crippen LogP contribution in [-0.2, 0) is 10.2 Å². The fourth-order valence-corrected chi connectivity index (χ4v) is 2.56. The van der Waals surface area contributed by atoms with E-state index in [-0.39, 0.29) is 17.9 Å². The Balaban J connectivity index is 2.86. The summed E-state index contributed by atoms with van der Waals surface area (Å²) in [6.45, 7) is -0.948. The Morgan fingerprint density at radius 3 is 2.24 bits per heavy atom. The van der Waals surface area contributed by atoms with Gasteiger partial charge in [-0.25, -0.2) is 5.14 Å². The van der Waals surface area contributed by atoms with Crippen LogP contribution in [0.1, 0.15) is 0 Å². The number of aliphatic hydroxyl groups is 5. The van der Waals surface area contributed by atoms with Crippen LogP contribution in [0.3, 0.4) is 0 Å². The molecule has 10 N–H and O–H groups in total. The van der Waals surface area contributed by atoms with Crippen molar-refractivity contribution < 1.29 is 34.0 Å². The van der Waals surface area contributed by atoms with Crippen LogP contribution >= 0.6 is 0 Å². The topological polar surface area (TPSA) is 203 Å². The van der Waals surface area contributed by atoms with Crippen LogP contribution in [0, 0.1) is 0 Å². The van der Waals surface area contributed by atoms with Gasteiger partial charge in [0.2, 0.25) is 0 Å². The molecule has 144 valence electrons. The molecule has 25 heavy (non-hydrogen) atoms. The van der Waals surface area contributed by atoms with Gasteiger partial charge in [-0.15, -0.1) is 0 Å². The minimum absolute atomic E-state index is 0.0395. The van der Waals surface area contributed by atoms with Gasteiger partial charge in [0.1, 0.15) is 18.3 Å². The van der Waals surface area contributed by atoms with Gasteiger partial charge in [-0.3, -0.25) is 4.72 Å². The van der Waals surface area contributed by atoms with Gasteiger partial charge in [-0.05, 0) is 18.2 Å². The molecule has 11 nitrogen and oxygen atoms in total. The molecule has 0 heterocycles. The van der Waals surface area contributed by atoms with Gasteiger partial charge in [0, 0.05) is 19.3 Å². The zero-order valence-electron chi connectivity index (χ0n) is 13.5. The Morgan fingerprint density at radius 2 is 1.72 bits per heavy atom. The van der Waals surface area contributed by atoms with Crippen molar-refractivity contribution in [1.29, 1.82) is 0 Å². The van der Waals surface area contributed by atoms with E-state index in [9.17, 15) is 28.8 Å². The number of rotatable bonds is 9. The molecule has 4 unspecified atom stereocenters. The van der Waals surface area contributed by atoms with Gasteiger partial charge >= 0.3 is 0 Å². The molecule has 12 heteroatoms. The smallest absolute Gasteiger partial charge is 0.296 e. The molecule has 0 aromatic heterocycles. The second kappa shape index (κ2) is 8.62. The summed E-state index contributed by atoms with van der Waals surface area (Å²) in [7, 11) is -2.49. The van der Waals surface area contributed by atoms with Gasteiger partial charge in [-0.2, -0.15) is 8.42 Å². The Morgan fingerprint density at radius 1 is 1.16 bits per heavy atom. The largest absolute Gasteiger partial charge is 0.397 e. The minimum Gasteiger partial charge on any atom is -0.397 e. The lowest BCUT2D eigenvalue weighted by Crippen LogP contribution is -2.49. The Bertz CT molecular complexity index is 672. The Hall–Kier alpha value is -1.67. The third-order valence-electron chi connectivity index (χ3n) is 3.52. The summed E-state index contributed by atoms with van der Waals surface area (Å²) in [6, 6.07) is 4.34. The first-order valence-corrected chi connectivity index (χ1v) is 8.75. The molecular weight excluding hydrogens is 356 g/mol. The number of hydrogen-bond acceptors (Lipinski definition) is 9. The van der Waals surface area contributed by atoms with Crippen LogP contribution in [0.15, 0.2) is 18.2 Å². The van der Waals surface area contributed by atoms with Crippen molar-refractivity contribution in [3.05, 3.63) is 18.2 Å². The highest BCUT2D eigenvalue weighted by Gasteiger charge is 2.30. The van der Waals surface area contributed by atoms with E-state index in [1.165, 1.54) is 24.1 Å². The number of nitrogen functional groups attached to an aromatic ring is 1. The number of nitrogens with two attached hydrogens (primary N) is 2. The number of benzene rings is 1. The van der Waals surface area contributed by atoms with Crippen molar-refractivity contribution in [2.45, 2.75) is 24.4 Å². The highest BCUT2D eigenvalue weighted by Crippen LogP contribution is 2.26. The second-order valence-corrected chi connectivity index (χ2v) is 6.89. The summed E-state index contributed by atoms with van der Waals surface area (Å²) in [5, 5.41) is 52.3. The fourth-order valence-electron chi connectivity index (χ4n) is 2.08. The number of nitrogens with zero attached hydrogens (tertiary/aromatic N) is 1. The van der Waals surface area contributed by atoms with Gasteiger partial charge in [0.25, 0.3) is 10.2 Å². The molecule has 1 rings (SSSR count). The van der Waals surface area contributed by atoms with E-state index in [1.54, 1.807) is 6.07 Å². The van der Waals surface area contributed by atoms with Gasteiger partial charge in [0.05, 0.1) is 24.1 Å². The number of aliphatic hydroxyl groups excluding tert-OH is 5. The average Bonchev–Trinajstić information content (AvgIpc) is 2.53. The molecule has 0 bridgehead atoms. The van der Waals surface area contributed by atoms with Gasteiger partial charge in [-0.1, -0.05) is 0 Å². The van der Waals surface area contributed by atoms with E-state index in [0.717, 1.165) is 0 Å². The quantitative estimate of drug-likeness (QED) is 0.202. The van der Waals surface area contributed by atoms with E-state index < -0.39 is 41.2 Å². The van der Waals surface area contributed by atoms with Crippen LogP contribution in [0.5, 0.6) is 0 Å². The minimum atomic E-state index is -4.02. The number of hydrogen-bond donors (Lipinski definition) is 8. The highest BCUT2D eigenvalue weighted by atomic mass is 32.2. The molecule has 0 saturated carbocycles. The molecule has 0 amide bonds. The summed E-state index contributed by atoms with van der Waals surface area (Å²) < 4.78 is 24.3. The maximum Gasteiger partial charge on any atom is 0.296 e. The molecule has 1 aromatic rings. The molecule has 0 aliphatic heterocycles. The van der Waals surface area contributed by atoms with Crippen molar-refractivity contribution >= 4 is 27.3 Å². The molecule has 0 radical (unpaired) electrons. The molecule has 0 aliphatic rings. The van der Waals surface area contributed by atoms with E-state index in [2.05, 4.69) is 0 Å². The van der Waals surface area contributed by atoms with Crippen LogP contribution < -0.4 is 20.5 Å². The predicted octanol–water partition coefficient (Wildman–Crippen LogP) is -3.24. The summed E-state index contributed by atoms with van der Waals surface area (Å²) in [5.74, 6) is 0. The van der Waals surface area contributed by atoms with Gasteiger partial charge < -0.3 is 36.2 Å². The third-order valence-corrected chi connectivity index (χ3v) is 4.02. The Labute approximate surface area is 145 Å². The maximum absolute atomic E-state index is 11.1. The van der Waals surface area contributed by atoms with Crippen molar-refractivity contribution in [1.82, 2.24) is 0 Å². The van der Waals surface area contributed by atoms with Crippen molar-refractivity contribution in [3.8, 4) is 0 Å². The summed E-state index contributed by atoms with van der Waals surface area (Å²) in [6.07, 6.45) is -6.51. The molecule has 0 aliphatic carbocycles. The SMILES string of the molecule is CN(CC(O)C(O)C(O)C(O)CO)c1ccc(N)c(NS(N)(=O)=O)c1. The summed E-state index contributed by atoms with van der Waals surface area (Å²) >= 11 is 0. The standard InChI is InChI=1S/C13H24N4O7S/c1-17(5-10(19)12(21)13(22)11(20)6-18)7-2-3-8(14)9(4-7)16-25(15,23)24/h2-4,10-13,16,18-22H,5-6,14H2,1H3,(H2,15,23,24). The molecule has 4 atom stereocenters. The van der Waals surface area contributed by atoms with Crippen LogP contribution in [0.25, 0.3) is 0 Å². The van der Waals surface area contributed by atoms with Crippen molar-refractivity contribution in [2.24, 2.45) is 5.14 Å². The zero-order chi connectivity index (χ0) is 19.4. The predicted molar refractivity (Wildman–Crippen MR) is 92.0 cm³/mol. The third kappa shape index (κ3) is 6.28. The lowest BCUT2D eigenvalue weighted by atomic mass is 10.0. The number of anilines is 3. The van der Waals surface area contributed by atoms with Gasteiger partial charge in [0.15, 0.2) is 0 Å². The van der Waals surface area contributed by atoms with Crippen LogP contribution in [0.4, 0.5) is 17.1 Å². The first-order valence-electron chi connectivity index (χ1n) is 7.20. The normalized spacial score (nSPS) is 16.8. The van der Waals surface area contributed by atoms with Crippen LogP contribution in [-0.4, -0.2) is 78.6 Å². The molecule has 1 aromatic carbocycles. The zero-order valence-corrected chi connectivity index (χ0v) is 14.3. The van der Waals surface area contributed by atoms with E-state index in [0.29, 0.717) is 5.69 Å². The van der Waals surface area contributed by atoms with E-state index in [4.69, 9.17) is 16.0 Å². The maximum atomic E-state index is 11.1. The van der Waals surface area contributed by atoms with E-state index in [1.807, 2.05) is 4.72 Å². The molecule has 0 fully saturated rings. The number of nitrogens with one attached hydrogen (secondary N) is 1. The average molecular weight is 380 g/mol. The van der Waals surface area contributed by atoms with E-state index >= 15 is 0 Å².